The van der Waals surface area contributed by atoms with Gasteiger partial charge in [0.2, 0.25) is 0 Å². The van der Waals surface area contributed by atoms with Gasteiger partial charge in [0, 0.05) is 43.2 Å². The summed E-state index contributed by atoms with van der Waals surface area (Å²) in [5.74, 6) is 0.640. The predicted octanol–water partition coefficient (Wildman–Crippen LogP) is 4.78. The third kappa shape index (κ3) is 5.63. The van der Waals surface area contributed by atoms with E-state index in [2.05, 4.69) is 27.3 Å². The third-order valence-corrected chi connectivity index (χ3v) is 6.88. The highest BCUT2D eigenvalue weighted by molar-refractivity contribution is 7.09. The number of ether oxygens (including phenoxy) is 1. The first-order valence-corrected chi connectivity index (χ1v) is 11.5. The summed E-state index contributed by atoms with van der Waals surface area (Å²) >= 11 is 1.85. The fourth-order valence-corrected chi connectivity index (χ4v) is 5.21. The van der Waals surface area contributed by atoms with Crippen molar-refractivity contribution in [1.82, 2.24) is 9.80 Å². The summed E-state index contributed by atoms with van der Waals surface area (Å²) in [5, 5.41) is 2.17. The van der Waals surface area contributed by atoms with Crippen molar-refractivity contribution in [2.24, 2.45) is 5.92 Å². The van der Waals surface area contributed by atoms with Gasteiger partial charge in [-0.1, -0.05) is 24.3 Å². The molecule has 3 heterocycles. The molecule has 5 heteroatoms. The van der Waals surface area contributed by atoms with E-state index in [0.717, 1.165) is 57.4 Å². The standard InChI is InChI=1S/C23H31FN2OS/c24-23-8-2-1-5-20(23)16-25-11-9-19(10-12-25)15-26(17-21-6-3-13-27-21)18-22-7-4-14-28-22/h1-2,4-5,7-8,14,19,21H,3,6,9-13,15-18H2/t21-/m1/s1. The van der Waals surface area contributed by atoms with E-state index in [1.807, 2.05) is 23.5 Å². The number of hydrogen-bond donors (Lipinski definition) is 0. The highest BCUT2D eigenvalue weighted by Crippen LogP contribution is 2.24. The number of piperidine rings is 1. The lowest BCUT2D eigenvalue weighted by Gasteiger charge is -2.35. The van der Waals surface area contributed by atoms with Crippen LogP contribution in [0.3, 0.4) is 0 Å². The molecule has 0 unspecified atom stereocenters. The monoisotopic (exact) mass is 402 g/mol. The second-order valence-electron chi connectivity index (χ2n) is 8.22. The molecule has 0 radical (unpaired) electrons. The Morgan fingerprint density at radius 1 is 1.07 bits per heavy atom. The van der Waals surface area contributed by atoms with Crippen LogP contribution in [-0.4, -0.2) is 48.7 Å². The normalized spacial score (nSPS) is 21.6. The van der Waals surface area contributed by atoms with Gasteiger partial charge in [0.05, 0.1) is 6.10 Å². The summed E-state index contributed by atoms with van der Waals surface area (Å²) in [6, 6.07) is 11.6. The van der Waals surface area contributed by atoms with Gasteiger partial charge in [0.25, 0.3) is 0 Å². The van der Waals surface area contributed by atoms with Crippen LogP contribution in [0.1, 0.15) is 36.1 Å². The number of benzene rings is 1. The molecule has 2 aliphatic rings. The Hall–Kier alpha value is -1.27. The Morgan fingerprint density at radius 3 is 2.64 bits per heavy atom. The summed E-state index contributed by atoms with van der Waals surface area (Å²) in [6.07, 6.45) is 5.19. The van der Waals surface area contributed by atoms with Crippen molar-refractivity contribution >= 4 is 11.3 Å². The molecule has 1 atom stereocenters. The summed E-state index contributed by atoms with van der Waals surface area (Å²) in [6.45, 7) is 7.00. The van der Waals surface area contributed by atoms with E-state index in [4.69, 9.17) is 4.74 Å². The zero-order valence-electron chi connectivity index (χ0n) is 16.6. The summed E-state index contributed by atoms with van der Waals surface area (Å²) in [5.41, 5.74) is 0.818. The van der Waals surface area contributed by atoms with Crippen molar-refractivity contribution in [2.45, 2.75) is 44.9 Å². The van der Waals surface area contributed by atoms with E-state index < -0.39 is 0 Å². The minimum atomic E-state index is -0.0803. The molecule has 0 amide bonds. The van der Waals surface area contributed by atoms with Crippen LogP contribution in [-0.2, 0) is 17.8 Å². The van der Waals surface area contributed by atoms with Crippen molar-refractivity contribution in [2.75, 3.05) is 32.8 Å². The van der Waals surface area contributed by atoms with Crippen LogP contribution in [0.2, 0.25) is 0 Å². The highest BCUT2D eigenvalue weighted by atomic mass is 32.1. The van der Waals surface area contributed by atoms with Crippen LogP contribution in [0.25, 0.3) is 0 Å². The van der Waals surface area contributed by atoms with E-state index >= 15 is 0 Å². The van der Waals surface area contributed by atoms with Crippen molar-refractivity contribution in [1.29, 1.82) is 0 Å². The fourth-order valence-electron chi connectivity index (χ4n) is 4.46. The minimum Gasteiger partial charge on any atom is -0.377 e. The molecule has 3 nitrogen and oxygen atoms in total. The molecule has 28 heavy (non-hydrogen) atoms. The highest BCUT2D eigenvalue weighted by Gasteiger charge is 2.25. The first kappa shape index (κ1) is 20.0. The van der Waals surface area contributed by atoms with Crippen molar-refractivity contribution < 1.29 is 9.13 Å². The Bertz CT molecular complexity index is 709. The minimum absolute atomic E-state index is 0.0803. The first-order chi connectivity index (χ1) is 13.8. The molecule has 0 aliphatic carbocycles. The Kier molecular flexibility index (Phi) is 7.13. The molecule has 1 aromatic carbocycles. The summed E-state index contributed by atoms with van der Waals surface area (Å²) in [7, 11) is 0. The van der Waals surface area contributed by atoms with E-state index in [0.29, 0.717) is 6.10 Å². The van der Waals surface area contributed by atoms with Gasteiger partial charge in [0.1, 0.15) is 5.82 Å². The molecular weight excluding hydrogens is 371 g/mol. The molecular formula is C23H31FN2OS. The lowest BCUT2D eigenvalue weighted by atomic mass is 9.95. The second kappa shape index (κ2) is 9.97. The summed E-state index contributed by atoms with van der Waals surface area (Å²) in [4.78, 5) is 6.45. The Labute approximate surface area is 172 Å². The van der Waals surface area contributed by atoms with Gasteiger partial charge < -0.3 is 4.74 Å². The Morgan fingerprint density at radius 2 is 1.93 bits per heavy atom. The molecule has 1 aromatic heterocycles. The Balaban J connectivity index is 1.28. The number of thiophene rings is 1. The zero-order chi connectivity index (χ0) is 19.2. The maximum Gasteiger partial charge on any atom is 0.127 e. The number of rotatable bonds is 8. The lowest BCUT2D eigenvalue weighted by molar-refractivity contribution is 0.0573. The molecule has 0 bridgehead atoms. The first-order valence-electron chi connectivity index (χ1n) is 10.6. The van der Waals surface area contributed by atoms with E-state index in [1.165, 1.54) is 30.6 Å². The van der Waals surface area contributed by atoms with Crippen molar-refractivity contribution in [3.63, 3.8) is 0 Å². The van der Waals surface area contributed by atoms with Gasteiger partial charge in [0.15, 0.2) is 0 Å². The van der Waals surface area contributed by atoms with Crippen LogP contribution >= 0.6 is 11.3 Å². The molecule has 4 rings (SSSR count). The van der Waals surface area contributed by atoms with E-state index in [1.54, 1.807) is 12.1 Å². The zero-order valence-corrected chi connectivity index (χ0v) is 17.4. The second-order valence-corrected chi connectivity index (χ2v) is 9.25. The van der Waals surface area contributed by atoms with Crippen LogP contribution < -0.4 is 0 Å². The van der Waals surface area contributed by atoms with Crippen molar-refractivity contribution in [3.8, 4) is 0 Å². The average molecular weight is 403 g/mol. The number of likely N-dealkylation sites (tertiary alicyclic amines) is 1. The smallest absolute Gasteiger partial charge is 0.127 e. The van der Waals surface area contributed by atoms with Gasteiger partial charge in [-0.05, 0) is 62.2 Å². The van der Waals surface area contributed by atoms with Gasteiger partial charge in [-0.15, -0.1) is 11.3 Å². The van der Waals surface area contributed by atoms with Crippen LogP contribution in [0, 0.1) is 11.7 Å². The topological polar surface area (TPSA) is 15.7 Å². The van der Waals surface area contributed by atoms with Gasteiger partial charge in [-0.2, -0.15) is 0 Å². The molecule has 0 saturated carbocycles. The van der Waals surface area contributed by atoms with Gasteiger partial charge in [-0.3, -0.25) is 9.80 Å². The van der Waals surface area contributed by atoms with Crippen LogP contribution in [0.15, 0.2) is 41.8 Å². The number of halogens is 1. The molecule has 152 valence electrons. The maximum atomic E-state index is 13.9. The van der Waals surface area contributed by atoms with Crippen LogP contribution in [0.5, 0.6) is 0 Å². The molecule has 2 saturated heterocycles. The average Bonchev–Trinajstić information content (AvgIpc) is 3.39. The van der Waals surface area contributed by atoms with E-state index in [-0.39, 0.29) is 5.82 Å². The quantitative estimate of drug-likeness (QED) is 0.632. The summed E-state index contributed by atoms with van der Waals surface area (Å²) < 4.78 is 19.8. The largest absolute Gasteiger partial charge is 0.377 e. The van der Waals surface area contributed by atoms with Crippen molar-refractivity contribution in [3.05, 3.63) is 58.0 Å². The van der Waals surface area contributed by atoms with Gasteiger partial charge in [-0.25, -0.2) is 4.39 Å². The van der Waals surface area contributed by atoms with Gasteiger partial charge >= 0.3 is 0 Å². The van der Waals surface area contributed by atoms with E-state index in [9.17, 15) is 4.39 Å². The third-order valence-electron chi connectivity index (χ3n) is 6.02. The SMILES string of the molecule is Fc1ccccc1CN1CCC(CN(Cc2cccs2)C[C@H]2CCCO2)CC1. The maximum absolute atomic E-state index is 13.9. The molecule has 2 aliphatic heterocycles. The lowest BCUT2D eigenvalue weighted by Crippen LogP contribution is -2.40. The molecule has 2 aromatic rings. The molecule has 0 spiro atoms. The number of hydrogen-bond acceptors (Lipinski definition) is 4. The number of nitrogens with zero attached hydrogens (tertiary/aromatic N) is 2. The fraction of sp³-hybridized carbons (Fsp3) is 0.565. The molecule has 2 fully saturated rings. The van der Waals surface area contributed by atoms with Crippen LogP contribution in [0.4, 0.5) is 4.39 Å². The molecule has 0 N–H and O–H groups in total. The predicted molar refractivity (Wildman–Crippen MR) is 113 cm³/mol.